The predicted octanol–water partition coefficient (Wildman–Crippen LogP) is 7.33. The minimum atomic E-state index is -0.640. The van der Waals surface area contributed by atoms with Crippen LogP contribution in [0.2, 0.25) is 5.02 Å². The van der Waals surface area contributed by atoms with E-state index in [1.165, 1.54) is 11.8 Å². The maximum Gasteiger partial charge on any atom is 0.255 e. The van der Waals surface area contributed by atoms with Crippen LogP contribution in [0, 0.1) is 0 Å². The van der Waals surface area contributed by atoms with Crippen LogP contribution in [0.15, 0.2) is 81.6 Å². The summed E-state index contributed by atoms with van der Waals surface area (Å²) < 4.78 is 19.4. The molecule has 0 saturated heterocycles. The fourth-order valence-electron chi connectivity index (χ4n) is 4.67. The van der Waals surface area contributed by atoms with Crippen LogP contribution in [0.3, 0.4) is 0 Å². The number of aromatic nitrogens is 3. The van der Waals surface area contributed by atoms with Gasteiger partial charge >= 0.3 is 0 Å². The van der Waals surface area contributed by atoms with Gasteiger partial charge in [-0.25, -0.2) is 4.68 Å². The molecule has 218 valence electrons. The number of fused-ring (bicyclic) bond motifs is 1. The number of rotatable bonds is 10. The first-order valence-electron chi connectivity index (χ1n) is 13.1. The van der Waals surface area contributed by atoms with Crippen LogP contribution in [-0.4, -0.2) is 41.5 Å². The third-order valence-electron chi connectivity index (χ3n) is 6.60. The van der Waals surface area contributed by atoms with Gasteiger partial charge in [0.05, 0.1) is 36.6 Å². The Labute approximate surface area is 261 Å². The monoisotopic (exact) mass is 669 g/mol. The highest BCUT2D eigenvalue weighted by atomic mass is 79.9. The van der Waals surface area contributed by atoms with E-state index in [2.05, 4.69) is 26.6 Å². The molecule has 3 aromatic carbocycles. The Morgan fingerprint density at radius 2 is 1.86 bits per heavy atom. The van der Waals surface area contributed by atoms with Crippen molar-refractivity contribution in [3.05, 3.63) is 92.6 Å². The summed E-state index contributed by atoms with van der Waals surface area (Å²) in [5.41, 5.74) is 3.38. The van der Waals surface area contributed by atoms with Crippen LogP contribution in [0.25, 0.3) is 0 Å². The van der Waals surface area contributed by atoms with E-state index in [-0.39, 0.29) is 5.91 Å². The van der Waals surface area contributed by atoms with Crippen LogP contribution < -0.4 is 24.8 Å². The standard InChI is InChI=1S/C30H29BrClN5O4S/c1-5-41-27-20(31)14-19(15-24(27)40-4)26-25(28(38)34-22-12-8-9-13-23(22)39-3)17(2)33-29-35-30(36-37(26)29)42-16-18-10-6-7-11-21(18)32/h6-15,26H,5,16H2,1-4H3,(H,34,38)(H,33,35,36). The Balaban J connectivity index is 1.57. The van der Waals surface area contributed by atoms with Gasteiger partial charge in [0.15, 0.2) is 11.5 Å². The zero-order valence-corrected chi connectivity index (χ0v) is 26.6. The van der Waals surface area contributed by atoms with Gasteiger partial charge in [0, 0.05) is 16.5 Å². The third kappa shape index (κ3) is 6.08. The lowest BCUT2D eigenvalue weighted by molar-refractivity contribution is -0.113. The molecule has 0 fully saturated rings. The van der Waals surface area contributed by atoms with Crippen molar-refractivity contribution in [3.63, 3.8) is 0 Å². The number of nitrogens with zero attached hydrogens (tertiary/aromatic N) is 3. The van der Waals surface area contributed by atoms with Gasteiger partial charge in [-0.05, 0) is 71.2 Å². The quantitative estimate of drug-likeness (QED) is 0.169. The molecular formula is C30H29BrClN5O4S. The second-order valence-corrected chi connectivity index (χ2v) is 11.4. The average molecular weight is 671 g/mol. The molecule has 1 aromatic heterocycles. The van der Waals surface area contributed by atoms with Crippen molar-refractivity contribution >= 4 is 56.8 Å². The maximum absolute atomic E-state index is 14.0. The molecular weight excluding hydrogens is 642 g/mol. The highest BCUT2D eigenvalue weighted by Gasteiger charge is 2.35. The Hall–Kier alpha value is -3.67. The highest BCUT2D eigenvalue weighted by Crippen LogP contribution is 2.43. The van der Waals surface area contributed by atoms with E-state index in [4.69, 9.17) is 35.9 Å². The molecule has 1 aliphatic rings. The number of carbonyl (C=O) groups excluding carboxylic acids is 1. The number of hydrogen-bond donors (Lipinski definition) is 2. The number of benzene rings is 3. The first kappa shape index (κ1) is 29.8. The van der Waals surface area contributed by atoms with Crippen molar-refractivity contribution in [2.75, 3.05) is 31.5 Å². The summed E-state index contributed by atoms with van der Waals surface area (Å²) in [7, 11) is 3.14. The molecule has 9 nitrogen and oxygen atoms in total. The number of para-hydroxylation sites is 2. The fraction of sp³-hybridized carbons (Fsp3) is 0.233. The molecule has 5 rings (SSSR count). The number of methoxy groups -OCH3 is 2. The molecule has 1 aliphatic heterocycles. The van der Waals surface area contributed by atoms with E-state index in [1.54, 1.807) is 31.0 Å². The number of thioether (sulfide) groups is 1. The van der Waals surface area contributed by atoms with Crippen LogP contribution in [0.5, 0.6) is 17.2 Å². The van der Waals surface area contributed by atoms with Crippen molar-refractivity contribution in [2.24, 2.45) is 0 Å². The zero-order valence-electron chi connectivity index (χ0n) is 23.4. The Bertz CT molecular complexity index is 1660. The van der Waals surface area contributed by atoms with Crippen molar-refractivity contribution in [1.29, 1.82) is 0 Å². The van der Waals surface area contributed by atoms with Gasteiger partial charge in [-0.2, -0.15) is 4.98 Å². The van der Waals surface area contributed by atoms with E-state index in [0.717, 1.165) is 11.1 Å². The smallest absolute Gasteiger partial charge is 0.255 e. The lowest BCUT2D eigenvalue weighted by Crippen LogP contribution is -2.31. The minimum absolute atomic E-state index is 0.315. The minimum Gasteiger partial charge on any atom is -0.495 e. The number of nitrogens with one attached hydrogen (secondary N) is 2. The van der Waals surface area contributed by atoms with E-state index in [9.17, 15) is 4.79 Å². The summed E-state index contributed by atoms with van der Waals surface area (Å²) in [5.74, 6) is 2.44. The molecule has 0 radical (unpaired) electrons. The van der Waals surface area contributed by atoms with Crippen molar-refractivity contribution in [3.8, 4) is 17.2 Å². The molecule has 4 aromatic rings. The number of amides is 1. The van der Waals surface area contributed by atoms with E-state index in [1.807, 2.05) is 62.4 Å². The van der Waals surface area contributed by atoms with Crippen molar-refractivity contribution < 1.29 is 19.0 Å². The summed E-state index contributed by atoms with van der Waals surface area (Å²) in [6.45, 7) is 4.22. The molecule has 12 heteroatoms. The number of hydrogen-bond acceptors (Lipinski definition) is 8. The summed E-state index contributed by atoms with van der Waals surface area (Å²) >= 11 is 11.5. The normalized spacial score (nSPS) is 14.2. The largest absolute Gasteiger partial charge is 0.495 e. The van der Waals surface area contributed by atoms with Crippen molar-refractivity contribution in [2.45, 2.75) is 30.8 Å². The molecule has 0 spiro atoms. The third-order valence-corrected chi connectivity index (χ3v) is 8.45. The first-order valence-corrected chi connectivity index (χ1v) is 15.2. The molecule has 1 unspecified atom stereocenters. The molecule has 1 amide bonds. The summed E-state index contributed by atoms with van der Waals surface area (Å²) in [6, 6.07) is 18.1. The second kappa shape index (κ2) is 13.1. The zero-order chi connectivity index (χ0) is 29.8. The Morgan fingerprint density at radius 1 is 1.12 bits per heavy atom. The topological polar surface area (TPSA) is 99.5 Å². The SMILES string of the molecule is CCOc1c(Br)cc(C2C(C(=O)Nc3ccccc3OC)=C(C)Nc3nc(SCc4ccccc4Cl)nn32)cc1OC. The Kier molecular flexibility index (Phi) is 9.30. The fourth-order valence-corrected chi connectivity index (χ4v) is 6.36. The van der Waals surface area contributed by atoms with Gasteiger partial charge in [0.1, 0.15) is 11.8 Å². The molecule has 0 aliphatic carbocycles. The van der Waals surface area contributed by atoms with E-state index in [0.29, 0.717) is 67.2 Å². The molecule has 0 saturated carbocycles. The van der Waals surface area contributed by atoms with E-state index < -0.39 is 6.04 Å². The van der Waals surface area contributed by atoms with E-state index >= 15 is 0 Å². The molecule has 2 heterocycles. The van der Waals surface area contributed by atoms with Gasteiger partial charge in [0.25, 0.3) is 5.91 Å². The predicted molar refractivity (Wildman–Crippen MR) is 169 cm³/mol. The van der Waals surface area contributed by atoms with Gasteiger partial charge in [-0.1, -0.05) is 53.7 Å². The van der Waals surface area contributed by atoms with Crippen LogP contribution in [-0.2, 0) is 10.5 Å². The number of allylic oxidation sites excluding steroid dienone is 1. The highest BCUT2D eigenvalue weighted by molar-refractivity contribution is 9.10. The molecule has 2 N–H and O–H groups in total. The summed E-state index contributed by atoms with van der Waals surface area (Å²) in [6.07, 6.45) is 0. The summed E-state index contributed by atoms with van der Waals surface area (Å²) in [4.78, 5) is 18.7. The summed E-state index contributed by atoms with van der Waals surface area (Å²) in [5, 5.41) is 12.4. The number of carbonyl (C=O) groups is 1. The maximum atomic E-state index is 14.0. The van der Waals surface area contributed by atoms with Gasteiger partial charge < -0.3 is 24.8 Å². The Morgan fingerprint density at radius 3 is 2.60 bits per heavy atom. The second-order valence-electron chi connectivity index (χ2n) is 9.23. The number of anilines is 2. The van der Waals surface area contributed by atoms with Crippen LogP contribution in [0.1, 0.15) is 31.0 Å². The van der Waals surface area contributed by atoms with Gasteiger partial charge in [-0.3, -0.25) is 4.79 Å². The number of halogens is 2. The lowest BCUT2D eigenvalue weighted by Gasteiger charge is -2.29. The molecule has 0 bridgehead atoms. The van der Waals surface area contributed by atoms with Crippen LogP contribution in [0.4, 0.5) is 11.6 Å². The van der Waals surface area contributed by atoms with Crippen molar-refractivity contribution in [1.82, 2.24) is 14.8 Å². The molecule has 42 heavy (non-hydrogen) atoms. The molecule has 1 atom stereocenters. The van der Waals surface area contributed by atoms with Gasteiger partial charge in [-0.15, -0.1) is 5.10 Å². The first-order chi connectivity index (χ1) is 20.3. The number of ether oxygens (including phenoxy) is 3. The van der Waals surface area contributed by atoms with Gasteiger partial charge in [0.2, 0.25) is 11.1 Å². The average Bonchev–Trinajstić information content (AvgIpc) is 3.39. The lowest BCUT2D eigenvalue weighted by atomic mass is 9.94. The van der Waals surface area contributed by atoms with Crippen LogP contribution >= 0.6 is 39.3 Å².